The van der Waals surface area contributed by atoms with Crippen molar-refractivity contribution >= 4 is 17.8 Å². The molecule has 1 saturated heterocycles. The third-order valence-electron chi connectivity index (χ3n) is 3.72. The zero-order chi connectivity index (χ0) is 15.2. The molecule has 1 aliphatic heterocycles. The molecule has 0 aromatic carbocycles. The second-order valence-corrected chi connectivity index (χ2v) is 4.99. The van der Waals surface area contributed by atoms with E-state index in [1.807, 2.05) is 4.90 Å². The van der Waals surface area contributed by atoms with Crippen molar-refractivity contribution < 1.29 is 19.1 Å². The fraction of sp³-hybridized carbons (Fsp3) is 0.533. The van der Waals surface area contributed by atoms with E-state index in [9.17, 15) is 9.59 Å². The molecule has 1 aromatic rings. The van der Waals surface area contributed by atoms with E-state index in [1.165, 1.54) is 14.2 Å². The number of carbonyl (C=O) groups is 2. The van der Waals surface area contributed by atoms with Crippen molar-refractivity contribution in [2.45, 2.75) is 31.7 Å². The minimum atomic E-state index is -0.416. The van der Waals surface area contributed by atoms with Gasteiger partial charge in [-0.15, -0.1) is 0 Å². The number of carbonyl (C=O) groups excluding carboxylic acids is 2. The minimum absolute atomic E-state index is 0.00417. The molecular weight excluding hydrogens is 272 g/mol. The van der Waals surface area contributed by atoms with Gasteiger partial charge in [-0.3, -0.25) is 4.79 Å². The van der Waals surface area contributed by atoms with Crippen LogP contribution in [0.4, 0.5) is 5.82 Å². The number of ether oxygens (including phenoxy) is 2. The highest BCUT2D eigenvalue weighted by Gasteiger charge is 2.29. The Morgan fingerprint density at radius 3 is 2.86 bits per heavy atom. The van der Waals surface area contributed by atoms with Gasteiger partial charge in [-0.2, -0.15) is 0 Å². The van der Waals surface area contributed by atoms with Crippen molar-refractivity contribution in [2.24, 2.45) is 0 Å². The molecule has 0 N–H and O–H groups in total. The summed E-state index contributed by atoms with van der Waals surface area (Å²) in [7, 11) is 2.73. The standard InChI is InChI=1S/C15H20N2O4/c1-20-13(18)10-11-6-3-4-9-17(11)14-12(15(19)21-2)7-5-8-16-14/h5,7-8,11H,3-4,6,9-10H2,1-2H3. The molecule has 2 heterocycles. The summed E-state index contributed by atoms with van der Waals surface area (Å²) < 4.78 is 9.57. The summed E-state index contributed by atoms with van der Waals surface area (Å²) in [6.07, 6.45) is 4.89. The van der Waals surface area contributed by atoms with Gasteiger partial charge in [0.05, 0.1) is 20.6 Å². The Kier molecular flexibility index (Phi) is 5.14. The zero-order valence-electron chi connectivity index (χ0n) is 12.4. The van der Waals surface area contributed by atoms with Crippen molar-refractivity contribution in [3.63, 3.8) is 0 Å². The van der Waals surface area contributed by atoms with Crippen LogP contribution in [0.3, 0.4) is 0 Å². The number of rotatable bonds is 4. The topological polar surface area (TPSA) is 68.7 Å². The van der Waals surface area contributed by atoms with Gasteiger partial charge in [0.15, 0.2) is 0 Å². The van der Waals surface area contributed by atoms with Crippen LogP contribution in [0.1, 0.15) is 36.0 Å². The first-order chi connectivity index (χ1) is 10.2. The SMILES string of the molecule is COC(=O)CC1CCCCN1c1ncccc1C(=O)OC. The van der Waals surface area contributed by atoms with E-state index >= 15 is 0 Å². The average Bonchev–Trinajstić information content (AvgIpc) is 2.54. The molecule has 6 nitrogen and oxygen atoms in total. The lowest BCUT2D eigenvalue weighted by molar-refractivity contribution is -0.141. The Bertz CT molecular complexity index is 518. The maximum absolute atomic E-state index is 11.9. The minimum Gasteiger partial charge on any atom is -0.469 e. The number of anilines is 1. The Morgan fingerprint density at radius 2 is 2.14 bits per heavy atom. The molecule has 1 unspecified atom stereocenters. The van der Waals surface area contributed by atoms with Crippen LogP contribution < -0.4 is 4.90 Å². The van der Waals surface area contributed by atoms with Gasteiger partial charge in [-0.05, 0) is 31.4 Å². The maximum atomic E-state index is 11.9. The summed E-state index contributed by atoms with van der Waals surface area (Å²) in [5, 5.41) is 0. The van der Waals surface area contributed by atoms with Gasteiger partial charge in [0.2, 0.25) is 0 Å². The Morgan fingerprint density at radius 1 is 1.33 bits per heavy atom. The lowest BCUT2D eigenvalue weighted by atomic mass is 9.98. The summed E-state index contributed by atoms with van der Waals surface area (Å²) in [6, 6.07) is 3.40. The van der Waals surface area contributed by atoms with Crippen LogP contribution in [0.15, 0.2) is 18.3 Å². The monoisotopic (exact) mass is 292 g/mol. The average molecular weight is 292 g/mol. The highest BCUT2D eigenvalue weighted by atomic mass is 16.5. The number of piperidine rings is 1. The quantitative estimate of drug-likeness (QED) is 0.788. The van der Waals surface area contributed by atoms with Gasteiger partial charge in [-0.1, -0.05) is 0 Å². The van der Waals surface area contributed by atoms with Gasteiger partial charge >= 0.3 is 11.9 Å². The molecule has 0 saturated carbocycles. The van der Waals surface area contributed by atoms with Crippen LogP contribution in [-0.4, -0.2) is 43.7 Å². The van der Waals surface area contributed by atoms with Gasteiger partial charge in [0.25, 0.3) is 0 Å². The van der Waals surface area contributed by atoms with E-state index in [0.29, 0.717) is 17.8 Å². The van der Waals surface area contributed by atoms with E-state index < -0.39 is 5.97 Å². The lowest BCUT2D eigenvalue weighted by Gasteiger charge is -2.36. The number of hydrogen-bond donors (Lipinski definition) is 0. The number of hydrogen-bond acceptors (Lipinski definition) is 6. The van der Waals surface area contributed by atoms with Crippen molar-refractivity contribution in [3.8, 4) is 0 Å². The third-order valence-corrected chi connectivity index (χ3v) is 3.72. The summed E-state index contributed by atoms with van der Waals surface area (Å²) in [5.74, 6) is -0.0825. The van der Waals surface area contributed by atoms with Gasteiger partial charge in [0, 0.05) is 18.8 Å². The van der Waals surface area contributed by atoms with E-state index in [-0.39, 0.29) is 12.0 Å². The fourth-order valence-electron chi connectivity index (χ4n) is 2.66. The van der Waals surface area contributed by atoms with Gasteiger partial charge in [-0.25, -0.2) is 9.78 Å². The van der Waals surface area contributed by atoms with E-state index in [1.54, 1.807) is 18.3 Å². The van der Waals surface area contributed by atoms with Gasteiger partial charge in [0.1, 0.15) is 11.4 Å². The molecule has 0 bridgehead atoms. The van der Waals surface area contributed by atoms with Crippen molar-refractivity contribution in [1.82, 2.24) is 4.98 Å². The predicted molar refractivity (Wildman–Crippen MR) is 77.2 cm³/mol. The number of aromatic nitrogens is 1. The zero-order valence-corrected chi connectivity index (χ0v) is 12.4. The maximum Gasteiger partial charge on any atom is 0.341 e. The van der Waals surface area contributed by atoms with Gasteiger partial charge < -0.3 is 14.4 Å². The molecule has 1 atom stereocenters. The molecule has 0 spiro atoms. The smallest absolute Gasteiger partial charge is 0.341 e. The molecule has 1 aliphatic rings. The molecule has 0 amide bonds. The summed E-state index contributed by atoms with van der Waals surface area (Å²) in [4.78, 5) is 29.8. The number of esters is 2. The number of pyridine rings is 1. The second-order valence-electron chi connectivity index (χ2n) is 4.99. The van der Waals surface area contributed by atoms with E-state index in [2.05, 4.69) is 4.98 Å². The molecule has 0 aliphatic carbocycles. The largest absolute Gasteiger partial charge is 0.469 e. The molecular formula is C15H20N2O4. The molecule has 114 valence electrons. The third kappa shape index (κ3) is 3.51. The molecule has 2 rings (SSSR count). The van der Waals surface area contributed by atoms with Crippen LogP contribution in [0.2, 0.25) is 0 Å². The Labute approximate surface area is 124 Å². The van der Waals surface area contributed by atoms with E-state index in [0.717, 1.165) is 25.8 Å². The van der Waals surface area contributed by atoms with Crippen LogP contribution >= 0.6 is 0 Å². The predicted octanol–water partition coefficient (Wildman–Crippen LogP) is 1.79. The van der Waals surface area contributed by atoms with E-state index in [4.69, 9.17) is 9.47 Å². The first kappa shape index (κ1) is 15.3. The summed E-state index contributed by atoms with van der Waals surface area (Å²) in [5.41, 5.74) is 0.428. The number of nitrogens with zero attached hydrogens (tertiary/aromatic N) is 2. The molecule has 6 heteroatoms. The van der Waals surface area contributed by atoms with Crippen LogP contribution in [0.5, 0.6) is 0 Å². The van der Waals surface area contributed by atoms with Crippen LogP contribution in [0, 0.1) is 0 Å². The summed E-state index contributed by atoms with van der Waals surface area (Å²) in [6.45, 7) is 0.767. The Balaban J connectivity index is 2.29. The molecule has 1 fully saturated rings. The first-order valence-electron chi connectivity index (χ1n) is 7.04. The fourth-order valence-corrected chi connectivity index (χ4v) is 2.66. The summed E-state index contributed by atoms with van der Waals surface area (Å²) >= 11 is 0. The van der Waals surface area contributed by atoms with Crippen molar-refractivity contribution in [3.05, 3.63) is 23.9 Å². The molecule has 21 heavy (non-hydrogen) atoms. The van der Waals surface area contributed by atoms with Crippen molar-refractivity contribution in [1.29, 1.82) is 0 Å². The Hall–Kier alpha value is -2.11. The highest BCUT2D eigenvalue weighted by Crippen LogP contribution is 2.28. The normalized spacial score (nSPS) is 18.2. The molecule has 1 aromatic heterocycles. The lowest BCUT2D eigenvalue weighted by Crippen LogP contribution is -2.42. The number of methoxy groups -OCH3 is 2. The highest BCUT2D eigenvalue weighted by molar-refractivity contribution is 5.94. The first-order valence-corrected chi connectivity index (χ1v) is 7.04. The second kappa shape index (κ2) is 7.06. The van der Waals surface area contributed by atoms with Crippen LogP contribution in [0.25, 0.3) is 0 Å². The van der Waals surface area contributed by atoms with Crippen molar-refractivity contribution in [2.75, 3.05) is 25.7 Å². The molecule has 0 radical (unpaired) electrons. The van der Waals surface area contributed by atoms with Crippen LogP contribution in [-0.2, 0) is 14.3 Å².